The molecule has 1 unspecified atom stereocenters. The Hall–Kier alpha value is -1.88. The number of nitrogens with zero attached hydrogens (tertiary/aromatic N) is 2. The summed E-state index contributed by atoms with van der Waals surface area (Å²) in [5.41, 5.74) is 3.35. The van der Waals surface area contributed by atoms with Crippen molar-refractivity contribution in [3.8, 4) is 5.75 Å². The fourth-order valence-electron chi connectivity index (χ4n) is 10.6. The highest BCUT2D eigenvalue weighted by molar-refractivity contribution is 5.76. The summed E-state index contributed by atoms with van der Waals surface area (Å²) in [7, 11) is 1.71. The molecule has 8 atom stereocenters. The lowest BCUT2D eigenvalue weighted by molar-refractivity contribution is -0.132. The second kappa shape index (κ2) is 11.1. The number of ether oxygens (including phenoxy) is 1. The van der Waals surface area contributed by atoms with Crippen LogP contribution in [0.25, 0.3) is 0 Å². The summed E-state index contributed by atoms with van der Waals surface area (Å²) in [6.45, 7) is 9.25. The number of rotatable bonds is 6. The normalized spacial score (nSPS) is 38.6. The molecule has 1 N–H and O–H groups in total. The van der Waals surface area contributed by atoms with Crippen molar-refractivity contribution in [1.82, 2.24) is 9.88 Å². The van der Waals surface area contributed by atoms with Crippen LogP contribution < -0.4 is 4.74 Å². The minimum absolute atomic E-state index is 0.125. The molecule has 5 heteroatoms. The van der Waals surface area contributed by atoms with Crippen LogP contribution in [-0.4, -0.2) is 47.2 Å². The van der Waals surface area contributed by atoms with E-state index in [2.05, 4.69) is 36.7 Å². The maximum atomic E-state index is 13.3. The first kappa shape index (κ1) is 28.2. The lowest BCUT2D eigenvalue weighted by atomic mass is 9.47. The van der Waals surface area contributed by atoms with E-state index in [1.807, 2.05) is 18.3 Å². The third kappa shape index (κ3) is 4.82. The van der Waals surface area contributed by atoms with Crippen molar-refractivity contribution in [2.75, 3.05) is 20.2 Å². The molecule has 220 valence electrons. The molecule has 2 heterocycles. The third-order valence-corrected chi connectivity index (χ3v) is 12.9. The molecule has 0 aromatic carbocycles. The quantitative estimate of drug-likeness (QED) is 0.383. The Balaban J connectivity index is 1.04. The largest absolute Gasteiger partial charge is 0.495 e. The van der Waals surface area contributed by atoms with Gasteiger partial charge in [-0.3, -0.25) is 9.78 Å². The Labute approximate surface area is 242 Å². The number of hydrogen-bond acceptors (Lipinski definition) is 4. The molecule has 1 saturated heterocycles. The van der Waals surface area contributed by atoms with E-state index in [-0.39, 0.29) is 6.10 Å². The van der Waals surface area contributed by atoms with Crippen LogP contribution in [0.1, 0.15) is 109 Å². The average Bonchev–Trinajstić information content (AvgIpc) is 3.33. The van der Waals surface area contributed by atoms with Gasteiger partial charge in [0.25, 0.3) is 0 Å². The zero-order valence-electron chi connectivity index (χ0n) is 25.4. The van der Waals surface area contributed by atoms with Crippen LogP contribution in [0.5, 0.6) is 5.75 Å². The molecule has 0 spiro atoms. The molecular formula is C35H52N2O3. The number of piperidine rings is 1. The standard InChI is InChI=1S/C35H52N2O3/c1-23(7-12-32(39)37-20-15-24(16-21-37)33-31(40-4)6-5-19-36-33)28-10-11-29-27-9-8-25-22-26(38)13-17-34(25,2)30(27)14-18-35(28,29)3/h5-6,8,19,23-24,26-30,38H,7,9-18,20-22H2,1-4H3/t23?,26-,27-,28+,29-,30-,34-,35+/m0/s1. The van der Waals surface area contributed by atoms with Gasteiger partial charge in [0, 0.05) is 31.6 Å². The Morgan fingerprint density at radius 3 is 2.70 bits per heavy atom. The molecule has 1 amide bonds. The number of carbonyl (C=O) groups is 1. The number of aliphatic hydroxyl groups is 1. The number of pyridine rings is 1. The molecule has 5 nitrogen and oxygen atoms in total. The number of fused-ring (bicyclic) bond motifs is 5. The van der Waals surface area contributed by atoms with Crippen molar-refractivity contribution in [3.05, 3.63) is 35.7 Å². The van der Waals surface area contributed by atoms with Gasteiger partial charge in [0.2, 0.25) is 5.91 Å². The highest BCUT2D eigenvalue weighted by atomic mass is 16.5. The molecule has 6 rings (SSSR count). The SMILES string of the molecule is COc1cccnc1C1CCN(C(=O)CCC(C)[C@H]2CC[C@H]3[C@@H]4CC=C5C[C@@H](O)CC[C@]5(C)[C@H]4CC[C@]23C)CC1. The zero-order valence-corrected chi connectivity index (χ0v) is 25.4. The van der Waals surface area contributed by atoms with Gasteiger partial charge in [0.05, 0.1) is 18.9 Å². The molecular weight excluding hydrogens is 496 g/mol. The van der Waals surface area contributed by atoms with Crippen molar-refractivity contribution < 1.29 is 14.6 Å². The molecule has 40 heavy (non-hydrogen) atoms. The van der Waals surface area contributed by atoms with Crippen molar-refractivity contribution in [2.24, 2.45) is 40.4 Å². The topological polar surface area (TPSA) is 62.7 Å². The lowest BCUT2D eigenvalue weighted by Gasteiger charge is -2.58. The van der Waals surface area contributed by atoms with Gasteiger partial charge in [-0.05, 0) is 123 Å². The first-order chi connectivity index (χ1) is 19.2. The highest BCUT2D eigenvalue weighted by Crippen LogP contribution is 2.67. The summed E-state index contributed by atoms with van der Waals surface area (Å²) < 4.78 is 5.54. The molecule has 1 aromatic rings. The second-order valence-electron chi connectivity index (χ2n) is 14.6. The van der Waals surface area contributed by atoms with E-state index in [1.54, 1.807) is 12.7 Å². The van der Waals surface area contributed by atoms with Gasteiger partial charge in [-0.2, -0.15) is 0 Å². The fourth-order valence-corrected chi connectivity index (χ4v) is 10.6. The molecule has 5 aliphatic rings. The second-order valence-corrected chi connectivity index (χ2v) is 14.6. The van der Waals surface area contributed by atoms with Crippen molar-refractivity contribution >= 4 is 5.91 Å². The van der Waals surface area contributed by atoms with Crippen LogP contribution >= 0.6 is 0 Å². The van der Waals surface area contributed by atoms with Gasteiger partial charge in [-0.15, -0.1) is 0 Å². The Morgan fingerprint density at radius 2 is 1.93 bits per heavy atom. The van der Waals surface area contributed by atoms with E-state index in [0.29, 0.717) is 35.0 Å². The van der Waals surface area contributed by atoms with E-state index in [4.69, 9.17) is 4.74 Å². The van der Waals surface area contributed by atoms with E-state index in [0.717, 1.165) is 80.3 Å². The van der Waals surface area contributed by atoms with Crippen molar-refractivity contribution in [3.63, 3.8) is 0 Å². The van der Waals surface area contributed by atoms with Crippen LogP contribution in [0.3, 0.4) is 0 Å². The van der Waals surface area contributed by atoms with Crippen LogP contribution in [0.2, 0.25) is 0 Å². The molecule has 4 fully saturated rings. The highest BCUT2D eigenvalue weighted by Gasteiger charge is 2.59. The smallest absolute Gasteiger partial charge is 0.222 e. The number of aliphatic hydroxyl groups excluding tert-OH is 1. The van der Waals surface area contributed by atoms with E-state index in [9.17, 15) is 9.90 Å². The van der Waals surface area contributed by atoms with E-state index in [1.165, 1.54) is 38.5 Å². The fraction of sp³-hybridized carbons (Fsp3) is 0.771. The van der Waals surface area contributed by atoms with E-state index < -0.39 is 0 Å². The monoisotopic (exact) mass is 548 g/mol. The minimum atomic E-state index is -0.125. The minimum Gasteiger partial charge on any atom is -0.495 e. The maximum Gasteiger partial charge on any atom is 0.222 e. The number of aromatic nitrogens is 1. The van der Waals surface area contributed by atoms with Crippen molar-refractivity contribution in [2.45, 2.75) is 110 Å². The number of allylic oxidation sites excluding steroid dienone is 1. The summed E-state index contributed by atoms with van der Waals surface area (Å²) >= 11 is 0. The van der Waals surface area contributed by atoms with Crippen LogP contribution in [0.15, 0.2) is 30.0 Å². The van der Waals surface area contributed by atoms with Gasteiger partial charge >= 0.3 is 0 Å². The summed E-state index contributed by atoms with van der Waals surface area (Å²) in [4.78, 5) is 20.0. The molecule has 4 aliphatic carbocycles. The van der Waals surface area contributed by atoms with Crippen LogP contribution in [0, 0.1) is 40.4 Å². The first-order valence-corrected chi connectivity index (χ1v) is 16.4. The molecule has 0 radical (unpaired) electrons. The van der Waals surface area contributed by atoms with Gasteiger partial charge in [0.1, 0.15) is 5.75 Å². The summed E-state index contributed by atoms with van der Waals surface area (Å²) in [6, 6.07) is 3.91. The summed E-state index contributed by atoms with van der Waals surface area (Å²) in [5.74, 6) is 5.34. The van der Waals surface area contributed by atoms with Gasteiger partial charge in [0.15, 0.2) is 0 Å². The number of carbonyl (C=O) groups excluding carboxylic acids is 1. The third-order valence-electron chi connectivity index (χ3n) is 12.9. The summed E-state index contributed by atoms with van der Waals surface area (Å²) in [5, 5.41) is 10.3. The predicted molar refractivity (Wildman–Crippen MR) is 159 cm³/mol. The lowest BCUT2D eigenvalue weighted by Crippen LogP contribution is -2.50. The van der Waals surface area contributed by atoms with Crippen LogP contribution in [-0.2, 0) is 4.79 Å². The number of hydrogen-bond donors (Lipinski definition) is 1. The molecule has 1 aliphatic heterocycles. The maximum absolute atomic E-state index is 13.3. The summed E-state index contributed by atoms with van der Waals surface area (Å²) in [6.07, 6.45) is 17.6. The van der Waals surface area contributed by atoms with Gasteiger partial charge < -0.3 is 14.7 Å². The van der Waals surface area contributed by atoms with E-state index >= 15 is 0 Å². The van der Waals surface area contributed by atoms with Crippen LogP contribution in [0.4, 0.5) is 0 Å². The molecule has 1 aromatic heterocycles. The molecule has 3 saturated carbocycles. The average molecular weight is 549 g/mol. The number of amides is 1. The van der Waals surface area contributed by atoms with Gasteiger partial charge in [-0.25, -0.2) is 0 Å². The Kier molecular flexibility index (Phi) is 7.82. The Morgan fingerprint density at radius 1 is 1.12 bits per heavy atom. The number of methoxy groups -OCH3 is 1. The number of likely N-dealkylation sites (tertiary alicyclic amines) is 1. The Bertz CT molecular complexity index is 1110. The van der Waals surface area contributed by atoms with Crippen molar-refractivity contribution in [1.29, 1.82) is 0 Å². The molecule has 0 bridgehead atoms. The van der Waals surface area contributed by atoms with Gasteiger partial charge in [-0.1, -0.05) is 32.4 Å². The first-order valence-electron chi connectivity index (χ1n) is 16.4. The predicted octanol–water partition coefficient (Wildman–Crippen LogP) is 7.15. The zero-order chi connectivity index (χ0) is 28.1.